The summed E-state index contributed by atoms with van der Waals surface area (Å²) in [7, 11) is 0. The highest BCUT2D eigenvalue weighted by atomic mass is 79.9. The first-order valence-electron chi connectivity index (χ1n) is 4.74. The maximum absolute atomic E-state index is 13.4. The van der Waals surface area contributed by atoms with Gasteiger partial charge < -0.3 is 4.57 Å². The van der Waals surface area contributed by atoms with Gasteiger partial charge in [0.15, 0.2) is 10.6 Å². The Morgan fingerprint density at radius 2 is 2.31 bits per heavy atom. The van der Waals surface area contributed by atoms with Crippen molar-refractivity contribution in [1.82, 2.24) is 14.8 Å². The molecule has 3 nitrogen and oxygen atoms in total. The predicted molar refractivity (Wildman–Crippen MR) is 66.2 cm³/mol. The van der Waals surface area contributed by atoms with Crippen LogP contribution >= 0.6 is 28.1 Å². The summed E-state index contributed by atoms with van der Waals surface area (Å²) in [6.45, 7) is 2.66. The van der Waals surface area contributed by atoms with Crippen LogP contribution in [-0.2, 0) is 6.54 Å². The van der Waals surface area contributed by atoms with E-state index in [1.165, 1.54) is 6.07 Å². The fourth-order valence-electron chi connectivity index (χ4n) is 1.47. The van der Waals surface area contributed by atoms with Gasteiger partial charge in [0.25, 0.3) is 0 Å². The van der Waals surface area contributed by atoms with E-state index in [1.807, 2.05) is 11.5 Å². The van der Waals surface area contributed by atoms with Crippen LogP contribution in [0, 0.1) is 10.6 Å². The van der Waals surface area contributed by atoms with Gasteiger partial charge in [0.1, 0.15) is 5.82 Å². The summed E-state index contributed by atoms with van der Waals surface area (Å²) in [6, 6.07) is 4.88. The van der Waals surface area contributed by atoms with Crippen molar-refractivity contribution in [2.24, 2.45) is 0 Å². The molecule has 0 aliphatic rings. The standard InChI is InChI=1S/C10H9BrFN3S/c1-2-15-9(13-14-10(15)16)6-3-4-7(11)8(12)5-6/h3-5H,2H2,1H3,(H,14,16). The zero-order valence-electron chi connectivity index (χ0n) is 8.50. The van der Waals surface area contributed by atoms with Crippen molar-refractivity contribution in [2.75, 3.05) is 0 Å². The van der Waals surface area contributed by atoms with Crippen molar-refractivity contribution in [3.05, 3.63) is 33.3 Å². The maximum Gasteiger partial charge on any atom is 0.195 e. The molecular formula is C10H9BrFN3S. The Morgan fingerprint density at radius 3 is 2.94 bits per heavy atom. The van der Waals surface area contributed by atoms with Gasteiger partial charge in [-0.25, -0.2) is 4.39 Å². The van der Waals surface area contributed by atoms with Gasteiger partial charge >= 0.3 is 0 Å². The highest BCUT2D eigenvalue weighted by Gasteiger charge is 2.09. The molecule has 0 atom stereocenters. The van der Waals surface area contributed by atoms with Crippen LogP contribution < -0.4 is 0 Å². The molecule has 0 amide bonds. The number of nitrogens with zero attached hydrogens (tertiary/aromatic N) is 2. The number of hydrogen-bond acceptors (Lipinski definition) is 2. The van der Waals surface area contributed by atoms with Gasteiger partial charge in [-0.1, -0.05) is 0 Å². The molecule has 0 saturated heterocycles. The zero-order valence-corrected chi connectivity index (χ0v) is 10.9. The van der Waals surface area contributed by atoms with E-state index >= 15 is 0 Å². The second-order valence-electron chi connectivity index (χ2n) is 3.23. The molecule has 0 fully saturated rings. The number of nitrogens with one attached hydrogen (secondary N) is 1. The van der Waals surface area contributed by atoms with E-state index in [9.17, 15) is 4.39 Å². The van der Waals surface area contributed by atoms with Gasteiger partial charge in [-0.2, -0.15) is 5.10 Å². The molecule has 0 spiro atoms. The summed E-state index contributed by atoms with van der Waals surface area (Å²) in [6.07, 6.45) is 0. The number of H-pyrrole nitrogens is 1. The van der Waals surface area contributed by atoms with Crippen LogP contribution in [0.25, 0.3) is 11.4 Å². The lowest BCUT2D eigenvalue weighted by atomic mass is 10.2. The van der Waals surface area contributed by atoms with Crippen molar-refractivity contribution in [1.29, 1.82) is 0 Å². The topological polar surface area (TPSA) is 33.6 Å². The molecule has 0 bridgehead atoms. The Bertz CT molecular complexity index is 576. The number of hydrogen-bond donors (Lipinski definition) is 1. The fourth-order valence-corrected chi connectivity index (χ4v) is 1.97. The van der Waals surface area contributed by atoms with Crippen molar-refractivity contribution < 1.29 is 4.39 Å². The second-order valence-corrected chi connectivity index (χ2v) is 4.47. The minimum absolute atomic E-state index is 0.311. The number of rotatable bonds is 2. The summed E-state index contributed by atoms with van der Waals surface area (Å²) in [5.41, 5.74) is 0.704. The monoisotopic (exact) mass is 301 g/mol. The molecule has 0 saturated carbocycles. The number of aromatic nitrogens is 3. The molecule has 0 aliphatic heterocycles. The van der Waals surface area contributed by atoms with E-state index in [1.54, 1.807) is 12.1 Å². The van der Waals surface area contributed by atoms with Crippen molar-refractivity contribution >= 4 is 28.1 Å². The maximum atomic E-state index is 13.4. The van der Waals surface area contributed by atoms with Crippen LogP contribution in [0.2, 0.25) is 0 Å². The van der Waals surface area contributed by atoms with E-state index in [-0.39, 0.29) is 5.82 Å². The zero-order chi connectivity index (χ0) is 11.7. The first-order valence-corrected chi connectivity index (χ1v) is 5.94. The molecule has 1 heterocycles. The molecule has 0 aliphatic carbocycles. The lowest BCUT2D eigenvalue weighted by Crippen LogP contribution is -1.97. The third kappa shape index (κ3) is 1.94. The van der Waals surface area contributed by atoms with Crippen LogP contribution in [-0.4, -0.2) is 14.8 Å². The smallest absolute Gasteiger partial charge is 0.195 e. The van der Waals surface area contributed by atoms with Crippen LogP contribution in [0.4, 0.5) is 4.39 Å². The molecular weight excluding hydrogens is 293 g/mol. The van der Waals surface area contributed by atoms with Gasteiger partial charge in [-0.3, -0.25) is 5.10 Å². The molecule has 6 heteroatoms. The SMILES string of the molecule is CCn1c(-c2ccc(Br)c(F)c2)n[nH]c1=S. The van der Waals surface area contributed by atoms with Crippen LogP contribution in [0.1, 0.15) is 6.92 Å². The van der Waals surface area contributed by atoms with Crippen molar-refractivity contribution in [3.8, 4) is 11.4 Å². The molecule has 0 unspecified atom stereocenters. The summed E-state index contributed by atoms with van der Waals surface area (Å²) in [5, 5.41) is 6.79. The number of benzene rings is 1. The third-order valence-electron chi connectivity index (χ3n) is 2.25. The third-order valence-corrected chi connectivity index (χ3v) is 3.21. The van der Waals surface area contributed by atoms with E-state index in [2.05, 4.69) is 26.1 Å². The van der Waals surface area contributed by atoms with Gasteiger partial charge in [0.05, 0.1) is 4.47 Å². The minimum atomic E-state index is -0.311. The fraction of sp³-hybridized carbons (Fsp3) is 0.200. The lowest BCUT2D eigenvalue weighted by molar-refractivity contribution is 0.621. The van der Waals surface area contributed by atoms with E-state index in [0.29, 0.717) is 27.2 Å². The van der Waals surface area contributed by atoms with Gasteiger partial charge in [0, 0.05) is 12.1 Å². The first kappa shape index (κ1) is 11.5. The van der Waals surface area contributed by atoms with Gasteiger partial charge in [0.2, 0.25) is 0 Å². The highest BCUT2D eigenvalue weighted by Crippen LogP contribution is 2.23. The Balaban J connectivity index is 2.58. The van der Waals surface area contributed by atoms with Crippen molar-refractivity contribution in [3.63, 3.8) is 0 Å². The van der Waals surface area contributed by atoms with Gasteiger partial charge in [-0.05, 0) is 53.3 Å². The molecule has 1 aromatic heterocycles. The van der Waals surface area contributed by atoms with Crippen LogP contribution in [0.15, 0.2) is 22.7 Å². The summed E-state index contributed by atoms with van der Waals surface area (Å²) in [4.78, 5) is 0. The van der Waals surface area contributed by atoms with E-state index in [4.69, 9.17) is 12.2 Å². The Hall–Kier alpha value is -1.01. The highest BCUT2D eigenvalue weighted by molar-refractivity contribution is 9.10. The summed E-state index contributed by atoms with van der Waals surface area (Å²) >= 11 is 8.18. The molecule has 2 rings (SSSR count). The first-order chi connectivity index (χ1) is 7.63. The minimum Gasteiger partial charge on any atom is -0.300 e. The van der Waals surface area contributed by atoms with E-state index < -0.39 is 0 Å². The molecule has 0 radical (unpaired) electrons. The number of halogens is 2. The average molecular weight is 302 g/mol. The molecule has 1 N–H and O–H groups in total. The molecule has 16 heavy (non-hydrogen) atoms. The lowest BCUT2D eigenvalue weighted by Gasteiger charge is -2.04. The molecule has 1 aromatic carbocycles. The summed E-state index contributed by atoms with van der Waals surface area (Å²) in [5.74, 6) is 0.341. The van der Waals surface area contributed by atoms with E-state index in [0.717, 1.165) is 0 Å². The largest absolute Gasteiger partial charge is 0.300 e. The average Bonchev–Trinajstić information content (AvgIpc) is 2.63. The Labute approximate surface area is 105 Å². The van der Waals surface area contributed by atoms with Crippen LogP contribution in [0.5, 0.6) is 0 Å². The normalized spacial score (nSPS) is 10.7. The quantitative estimate of drug-likeness (QED) is 0.861. The summed E-state index contributed by atoms with van der Waals surface area (Å²) < 4.78 is 16.2. The van der Waals surface area contributed by atoms with Gasteiger partial charge in [-0.15, -0.1) is 0 Å². The molecule has 2 aromatic rings. The second kappa shape index (κ2) is 4.47. The van der Waals surface area contributed by atoms with Crippen LogP contribution in [0.3, 0.4) is 0 Å². The molecule has 84 valence electrons. The predicted octanol–water partition coefficient (Wildman–Crippen LogP) is 3.53. The Kier molecular flexibility index (Phi) is 3.20. The Morgan fingerprint density at radius 1 is 1.56 bits per heavy atom. The van der Waals surface area contributed by atoms with Crippen molar-refractivity contribution in [2.45, 2.75) is 13.5 Å². The number of aromatic amines is 1.